The maximum atomic E-state index is 4.87. The minimum Gasteiger partial charge on any atom is -0.357 e. The van der Waals surface area contributed by atoms with Gasteiger partial charge < -0.3 is 19.7 Å². The number of halogens is 1. The van der Waals surface area contributed by atoms with Crippen LogP contribution in [0.15, 0.2) is 35.7 Å². The van der Waals surface area contributed by atoms with E-state index in [0.29, 0.717) is 6.54 Å². The van der Waals surface area contributed by atoms with E-state index in [0.717, 1.165) is 19.0 Å². The number of nitrogens with zero attached hydrogens (tertiary/aromatic N) is 6. The largest absolute Gasteiger partial charge is 0.357 e. The number of guanidine groups is 1. The maximum absolute atomic E-state index is 4.87. The highest BCUT2D eigenvalue weighted by Crippen LogP contribution is 2.17. The van der Waals surface area contributed by atoms with Gasteiger partial charge in [0.2, 0.25) is 0 Å². The van der Waals surface area contributed by atoms with Gasteiger partial charge in [-0.1, -0.05) is 0 Å². The number of hydrogen-bond acceptors (Lipinski definition) is 3. The van der Waals surface area contributed by atoms with E-state index in [1.54, 1.807) is 0 Å². The molecule has 0 aliphatic heterocycles. The first-order valence-corrected chi connectivity index (χ1v) is 8.67. The third-order valence-electron chi connectivity index (χ3n) is 4.29. The van der Waals surface area contributed by atoms with Crippen LogP contribution in [0.3, 0.4) is 0 Å². The van der Waals surface area contributed by atoms with E-state index in [-0.39, 0.29) is 30.0 Å². The normalized spacial score (nSPS) is 12.8. The second-order valence-corrected chi connectivity index (χ2v) is 6.59. The van der Waals surface area contributed by atoms with E-state index in [1.165, 1.54) is 11.3 Å². The Morgan fingerprint density at radius 2 is 2.04 bits per heavy atom. The Hall–Kier alpha value is -1.55. The van der Waals surface area contributed by atoms with Crippen molar-refractivity contribution in [1.82, 2.24) is 29.5 Å². The van der Waals surface area contributed by atoms with Crippen molar-refractivity contribution in [3.8, 4) is 0 Å². The topological polar surface area (TPSA) is 53.6 Å². The molecule has 7 nitrogen and oxygen atoms in total. The molecule has 0 radical (unpaired) electrons. The zero-order valence-electron chi connectivity index (χ0n) is 16.7. The lowest BCUT2D eigenvalue weighted by molar-refractivity contribution is 0.305. The molecule has 1 atom stereocenters. The van der Waals surface area contributed by atoms with Gasteiger partial charge in [-0.05, 0) is 33.2 Å². The van der Waals surface area contributed by atoms with Crippen molar-refractivity contribution in [3.63, 3.8) is 0 Å². The first kappa shape index (κ1) is 22.5. The summed E-state index contributed by atoms with van der Waals surface area (Å²) in [4.78, 5) is 9.22. The highest BCUT2D eigenvalue weighted by molar-refractivity contribution is 14.0. The van der Waals surface area contributed by atoms with Crippen molar-refractivity contribution in [3.05, 3.63) is 42.0 Å². The van der Waals surface area contributed by atoms with Crippen molar-refractivity contribution in [2.24, 2.45) is 19.1 Å². The van der Waals surface area contributed by atoms with Crippen molar-refractivity contribution in [2.75, 3.05) is 34.2 Å². The van der Waals surface area contributed by atoms with E-state index in [4.69, 9.17) is 4.99 Å². The van der Waals surface area contributed by atoms with Gasteiger partial charge in [0.15, 0.2) is 5.96 Å². The summed E-state index contributed by atoms with van der Waals surface area (Å²) in [6.07, 6.45) is 6.04. The summed E-state index contributed by atoms with van der Waals surface area (Å²) in [5, 5.41) is 7.68. The molecule has 1 N–H and O–H groups in total. The molecule has 0 saturated heterocycles. The lowest BCUT2D eigenvalue weighted by atomic mass is 10.1. The van der Waals surface area contributed by atoms with Gasteiger partial charge in [0.25, 0.3) is 0 Å². The van der Waals surface area contributed by atoms with Gasteiger partial charge >= 0.3 is 0 Å². The van der Waals surface area contributed by atoms with Gasteiger partial charge in [-0.25, -0.2) is 0 Å². The molecule has 2 aromatic heterocycles. The SMILES string of the molecule is CCNC(=NCC(c1cnn(C)c1)N(C)C)N(C)Cc1cccn1C.I. The van der Waals surface area contributed by atoms with Gasteiger partial charge in [0.1, 0.15) is 0 Å². The number of aromatic nitrogens is 3. The van der Waals surface area contributed by atoms with Gasteiger partial charge in [0, 0.05) is 51.3 Å². The Labute approximate surface area is 174 Å². The van der Waals surface area contributed by atoms with Crippen LogP contribution in [0.25, 0.3) is 0 Å². The maximum Gasteiger partial charge on any atom is 0.194 e. The van der Waals surface area contributed by atoms with Crippen molar-refractivity contribution in [2.45, 2.75) is 19.5 Å². The van der Waals surface area contributed by atoms with Crippen LogP contribution in [-0.4, -0.2) is 64.3 Å². The molecule has 2 rings (SSSR count). The number of hydrogen-bond donors (Lipinski definition) is 1. The highest BCUT2D eigenvalue weighted by Gasteiger charge is 2.16. The molecule has 0 saturated carbocycles. The van der Waals surface area contributed by atoms with Crippen LogP contribution in [0, 0.1) is 0 Å². The second kappa shape index (κ2) is 10.6. The van der Waals surface area contributed by atoms with Crippen LogP contribution >= 0.6 is 24.0 Å². The first-order valence-electron chi connectivity index (χ1n) is 8.67. The van der Waals surface area contributed by atoms with Crippen LogP contribution in [0.1, 0.15) is 24.2 Å². The quantitative estimate of drug-likeness (QED) is 0.380. The van der Waals surface area contributed by atoms with Crippen LogP contribution < -0.4 is 5.32 Å². The summed E-state index contributed by atoms with van der Waals surface area (Å²) in [6.45, 7) is 4.43. The predicted molar refractivity (Wildman–Crippen MR) is 118 cm³/mol. The molecule has 146 valence electrons. The Bertz CT molecular complexity index is 689. The van der Waals surface area contributed by atoms with E-state index in [9.17, 15) is 0 Å². The lowest BCUT2D eigenvalue weighted by Gasteiger charge is -2.25. The molecule has 0 aliphatic carbocycles. The molecular weight excluding hydrogens is 441 g/mol. The molecule has 0 spiro atoms. The second-order valence-electron chi connectivity index (χ2n) is 6.59. The number of likely N-dealkylation sites (N-methyl/N-ethyl adjacent to an activating group) is 1. The number of rotatable bonds is 7. The van der Waals surface area contributed by atoms with Crippen molar-refractivity contribution in [1.29, 1.82) is 0 Å². The van der Waals surface area contributed by atoms with Crippen LogP contribution in [0.5, 0.6) is 0 Å². The van der Waals surface area contributed by atoms with Gasteiger partial charge in [-0.15, -0.1) is 24.0 Å². The van der Waals surface area contributed by atoms with E-state index >= 15 is 0 Å². The summed E-state index contributed by atoms with van der Waals surface area (Å²) in [7, 11) is 10.2. The molecule has 26 heavy (non-hydrogen) atoms. The summed E-state index contributed by atoms with van der Waals surface area (Å²) < 4.78 is 3.97. The molecule has 2 aromatic rings. The Kier molecular flexibility index (Phi) is 9.14. The number of nitrogens with one attached hydrogen (secondary N) is 1. The summed E-state index contributed by atoms with van der Waals surface area (Å²) in [5.41, 5.74) is 2.43. The van der Waals surface area contributed by atoms with Gasteiger partial charge in [0.05, 0.1) is 25.3 Å². The monoisotopic (exact) mass is 473 g/mol. The third kappa shape index (κ3) is 6.01. The average molecular weight is 473 g/mol. The number of aliphatic imine (C=N–C) groups is 1. The summed E-state index contributed by atoms with van der Waals surface area (Å²) in [6, 6.07) is 4.40. The Morgan fingerprint density at radius 3 is 2.54 bits per heavy atom. The van der Waals surface area contributed by atoms with Gasteiger partial charge in [-0.3, -0.25) is 9.67 Å². The van der Waals surface area contributed by atoms with Crippen LogP contribution in [0.4, 0.5) is 0 Å². The molecule has 0 bridgehead atoms. The Balaban J connectivity index is 0.00000338. The molecular formula is C18H32IN7. The molecule has 0 amide bonds. The van der Waals surface area contributed by atoms with E-state index in [1.807, 2.05) is 17.9 Å². The van der Waals surface area contributed by atoms with Crippen LogP contribution in [-0.2, 0) is 20.6 Å². The van der Waals surface area contributed by atoms with Crippen LogP contribution in [0.2, 0.25) is 0 Å². The Morgan fingerprint density at radius 1 is 1.31 bits per heavy atom. The summed E-state index contributed by atoms with van der Waals surface area (Å²) >= 11 is 0. The third-order valence-corrected chi connectivity index (χ3v) is 4.29. The predicted octanol–water partition coefficient (Wildman–Crippen LogP) is 2.08. The minimum atomic E-state index is 0. The summed E-state index contributed by atoms with van der Waals surface area (Å²) in [5.74, 6) is 0.916. The highest BCUT2D eigenvalue weighted by atomic mass is 127. The molecule has 2 heterocycles. The number of aryl methyl sites for hydroxylation is 2. The molecule has 0 aliphatic rings. The lowest BCUT2D eigenvalue weighted by Crippen LogP contribution is -2.39. The molecule has 8 heteroatoms. The zero-order valence-corrected chi connectivity index (χ0v) is 19.0. The van der Waals surface area contributed by atoms with Gasteiger partial charge in [-0.2, -0.15) is 5.10 Å². The minimum absolute atomic E-state index is 0. The van der Waals surface area contributed by atoms with E-state index in [2.05, 4.69) is 84.4 Å². The fourth-order valence-electron chi connectivity index (χ4n) is 2.80. The van der Waals surface area contributed by atoms with E-state index < -0.39 is 0 Å². The van der Waals surface area contributed by atoms with Crippen molar-refractivity contribution < 1.29 is 0 Å². The average Bonchev–Trinajstić information content (AvgIpc) is 3.15. The fourth-order valence-corrected chi connectivity index (χ4v) is 2.80. The fraction of sp³-hybridized carbons (Fsp3) is 0.556. The first-order chi connectivity index (χ1) is 11.9. The zero-order chi connectivity index (χ0) is 18.4. The molecule has 1 unspecified atom stereocenters. The molecule has 0 fully saturated rings. The standard InChI is InChI=1S/C18H31N7.HI/c1-7-19-18(24(5)14-16-9-8-10-23(16)4)20-12-17(22(2)3)15-11-21-25(6)13-15;/h8-11,13,17H,7,12,14H2,1-6H3,(H,19,20);1H. The van der Waals surface area contributed by atoms with Crippen molar-refractivity contribution >= 4 is 29.9 Å². The molecule has 0 aromatic carbocycles. The smallest absolute Gasteiger partial charge is 0.194 e.